The van der Waals surface area contributed by atoms with Gasteiger partial charge in [0.15, 0.2) is 11.6 Å². The fraction of sp³-hybridized carbons (Fsp3) is 0.222. The molecule has 4 aromatic carbocycles. The minimum absolute atomic E-state index is 0.0252. The number of carbonyl (C=O) groups is 1. The maximum absolute atomic E-state index is 13.4. The van der Waals surface area contributed by atoms with Gasteiger partial charge in [-0.1, -0.05) is 59.8 Å². The topological polar surface area (TPSA) is 126 Å². The van der Waals surface area contributed by atoms with Crippen molar-refractivity contribution in [1.29, 1.82) is 0 Å². The van der Waals surface area contributed by atoms with E-state index in [4.69, 9.17) is 14.0 Å². The molecular weight excluding hydrogens is 634 g/mol. The van der Waals surface area contributed by atoms with Gasteiger partial charge < -0.3 is 19.1 Å². The summed E-state index contributed by atoms with van der Waals surface area (Å²) in [5.41, 5.74) is 5.58. The highest BCUT2D eigenvalue weighted by Crippen LogP contribution is 2.23. The average Bonchev–Trinajstić information content (AvgIpc) is 3.59. The quantitative estimate of drug-likeness (QED) is 0.130. The molecule has 5 aromatic rings. The molecule has 1 fully saturated rings. The molecule has 0 unspecified atom stereocenters. The Morgan fingerprint density at radius 1 is 0.857 bits per heavy atom. The van der Waals surface area contributed by atoms with Crippen LogP contribution in [0, 0.1) is 11.6 Å². The third-order valence-electron chi connectivity index (χ3n) is 7.81. The molecule has 1 saturated heterocycles. The van der Waals surface area contributed by atoms with Crippen molar-refractivity contribution in [2.45, 2.75) is 19.8 Å². The molecule has 0 atom stereocenters. The SMILES string of the molecule is O=C(CN1CCN(Cc2nc(-c3ccc(COc4ccc(F)c(F)c4)cc3)no2)CC1)N/N=C/c1cc(OCc2ccccc2)ccc1O. The van der Waals surface area contributed by atoms with Crippen molar-refractivity contribution >= 4 is 12.1 Å². The molecule has 11 nitrogen and oxygen atoms in total. The maximum atomic E-state index is 13.4. The summed E-state index contributed by atoms with van der Waals surface area (Å²) in [4.78, 5) is 21.3. The fourth-order valence-corrected chi connectivity index (χ4v) is 5.10. The Balaban J connectivity index is 0.910. The van der Waals surface area contributed by atoms with Crippen LogP contribution in [0.15, 0.2) is 101 Å². The third kappa shape index (κ3) is 9.46. The smallest absolute Gasteiger partial charge is 0.254 e. The number of piperazine rings is 1. The average molecular weight is 669 g/mol. The number of phenolic OH excluding ortho intramolecular Hbond substituents is 1. The van der Waals surface area contributed by atoms with Gasteiger partial charge >= 0.3 is 0 Å². The molecule has 0 radical (unpaired) electrons. The van der Waals surface area contributed by atoms with Gasteiger partial charge in [0.2, 0.25) is 11.7 Å². The predicted molar refractivity (Wildman–Crippen MR) is 177 cm³/mol. The van der Waals surface area contributed by atoms with Gasteiger partial charge in [-0.3, -0.25) is 14.6 Å². The van der Waals surface area contributed by atoms with Crippen molar-refractivity contribution in [2.24, 2.45) is 5.10 Å². The third-order valence-corrected chi connectivity index (χ3v) is 7.81. The second-order valence-electron chi connectivity index (χ2n) is 11.4. The first kappa shape index (κ1) is 33.2. The number of benzene rings is 4. The standard InChI is InChI=1S/C36H34F2N6O5/c37-31-12-10-30(19-32(31)38)48-24-26-6-8-27(9-7-26)36-40-35(49-42-36)22-44-16-14-43(15-17-44)21-34(46)41-39-20-28-18-29(11-13-33(28)45)47-23-25-4-2-1-3-5-25/h1-13,18-20,45H,14-17,21-24H2,(H,41,46)/b39-20+. The van der Waals surface area contributed by atoms with Crippen LogP contribution in [-0.4, -0.2) is 69.9 Å². The predicted octanol–water partition coefficient (Wildman–Crippen LogP) is 5.15. The summed E-state index contributed by atoms with van der Waals surface area (Å²) < 4.78 is 43.4. The Hall–Kier alpha value is -5.66. The lowest BCUT2D eigenvalue weighted by Gasteiger charge is -2.33. The van der Waals surface area contributed by atoms with Gasteiger partial charge in [-0.05, 0) is 41.5 Å². The largest absolute Gasteiger partial charge is 0.507 e. The van der Waals surface area contributed by atoms with Crippen LogP contribution < -0.4 is 14.9 Å². The maximum Gasteiger partial charge on any atom is 0.254 e. The van der Waals surface area contributed by atoms with Crippen LogP contribution in [0.3, 0.4) is 0 Å². The monoisotopic (exact) mass is 668 g/mol. The van der Waals surface area contributed by atoms with Crippen LogP contribution in [0.4, 0.5) is 8.78 Å². The van der Waals surface area contributed by atoms with Crippen molar-refractivity contribution in [3.05, 3.63) is 125 Å². The van der Waals surface area contributed by atoms with E-state index in [0.29, 0.717) is 62.4 Å². The van der Waals surface area contributed by atoms with E-state index in [1.54, 1.807) is 12.1 Å². The lowest BCUT2D eigenvalue weighted by molar-refractivity contribution is -0.122. The number of nitrogens with zero attached hydrogens (tertiary/aromatic N) is 5. The van der Waals surface area contributed by atoms with Gasteiger partial charge in [-0.25, -0.2) is 14.2 Å². The van der Waals surface area contributed by atoms with Crippen molar-refractivity contribution < 1.29 is 32.7 Å². The van der Waals surface area contributed by atoms with Crippen LogP contribution in [0.25, 0.3) is 11.4 Å². The molecule has 2 heterocycles. The Morgan fingerprint density at radius 3 is 2.27 bits per heavy atom. The van der Waals surface area contributed by atoms with Gasteiger partial charge in [0.25, 0.3) is 5.91 Å². The molecule has 1 aliphatic heterocycles. The lowest BCUT2D eigenvalue weighted by Crippen LogP contribution is -2.48. The summed E-state index contributed by atoms with van der Waals surface area (Å²) in [7, 11) is 0. The molecule has 252 valence electrons. The van der Waals surface area contributed by atoms with E-state index in [1.807, 2.05) is 59.5 Å². The summed E-state index contributed by atoms with van der Waals surface area (Å²) in [6, 6.07) is 25.4. The summed E-state index contributed by atoms with van der Waals surface area (Å²) >= 11 is 0. The van der Waals surface area contributed by atoms with E-state index in [9.17, 15) is 18.7 Å². The van der Waals surface area contributed by atoms with Crippen LogP contribution in [-0.2, 0) is 24.6 Å². The molecule has 6 rings (SSSR count). The van der Waals surface area contributed by atoms with Crippen molar-refractivity contribution in [3.63, 3.8) is 0 Å². The second-order valence-corrected chi connectivity index (χ2v) is 11.4. The molecule has 1 aromatic heterocycles. The number of aromatic hydroxyl groups is 1. The minimum Gasteiger partial charge on any atom is -0.507 e. The van der Waals surface area contributed by atoms with Crippen LogP contribution >= 0.6 is 0 Å². The number of hydrogen-bond donors (Lipinski definition) is 2. The van der Waals surface area contributed by atoms with Crippen molar-refractivity contribution in [3.8, 4) is 28.6 Å². The van der Waals surface area contributed by atoms with Crippen LogP contribution in [0.5, 0.6) is 17.2 Å². The molecule has 0 bridgehead atoms. The van der Waals surface area contributed by atoms with E-state index in [1.165, 1.54) is 18.3 Å². The van der Waals surface area contributed by atoms with Crippen molar-refractivity contribution in [2.75, 3.05) is 32.7 Å². The summed E-state index contributed by atoms with van der Waals surface area (Å²) in [6.07, 6.45) is 1.39. The number of ether oxygens (including phenoxy) is 2. The Labute approximate surface area is 281 Å². The van der Waals surface area contributed by atoms with E-state index in [0.717, 1.165) is 28.8 Å². The molecule has 0 aliphatic carbocycles. The minimum atomic E-state index is -0.959. The number of amides is 1. The van der Waals surface area contributed by atoms with E-state index in [2.05, 4.69) is 25.6 Å². The lowest BCUT2D eigenvalue weighted by atomic mass is 10.1. The molecule has 13 heteroatoms. The van der Waals surface area contributed by atoms with Crippen LogP contribution in [0.1, 0.15) is 22.6 Å². The van der Waals surface area contributed by atoms with Crippen molar-refractivity contribution in [1.82, 2.24) is 25.4 Å². The zero-order valence-electron chi connectivity index (χ0n) is 26.5. The van der Waals surface area contributed by atoms with E-state index < -0.39 is 11.6 Å². The number of hydrazone groups is 1. The molecule has 2 N–H and O–H groups in total. The number of hydrogen-bond acceptors (Lipinski definition) is 10. The first-order valence-electron chi connectivity index (χ1n) is 15.6. The highest BCUT2D eigenvalue weighted by atomic mass is 19.2. The molecule has 1 aliphatic rings. The highest BCUT2D eigenvalue weighted by Gasteiger charge is 2.21. The van der Waals surface area contributed by atoms with Gasteiger partial charge in [0.05, 0.1) is 19.3 Å². The first-order chi connectivity index (χ1) is 23.9. The number of carbonyl (C=O) groups excluding carboxylic acids is 1. The number of rotatable bonds is 13. The van der Waals surface area contributed by atoms with Crippen LogP contribution in [0.2, 0.25) is 0 Å². The Bertz CT molecular complexity index is 1880. The van der Waals surface area contributed by atoms with E-state index in [-0.39, 0.29) is 30.6 Å². The molecule has 49 heavy (non-hydrogen) atoms. The first-order valence-corrected chi connectivity index (χ1v) is 15.6. The zero-order valence-corrected chi connectivity index (χ0v) is 26.5. The number of halogens is 2. The van der Waals surface area contributed by atoms with E-state index >= 15 is 0 Å². The zero-order chi connectivity index (χ0) is 34.0. The van der Waals surface area contributed by atoms with Gasteiger partial charge in [0, 0.05) is 43.4 Å². The summed E-state index contributed by atoms with van der Waals surface area (Å²) in [6.45, 7) is 4.02. The summed E-state index contributed by atoms with van der Waals surface area (Å²) in [5.74, 6) is -0.359. The number of aromatic nitrogens is 2. The molecule has 0 spiro atoms. The number of nitrogens with one attached hydrogen (secondary N) is 1. The normalized spacial score (nSPS) is 13.8. The highest BCUT2D eigenvalue weighted by molar-refractivity contribution is 5.86. The Morgan fingerprint density at radius 2 is 1.53 bits per heavy atom. The van der Waals surface area contributed by atoms with Gasteiger partial charge in [-0.15, -0.1) is 0 Å². The molecule has 1 amide bonds. The molecular formula is C36H34F2N6O5. The number of phenols is 1. The Kier molecular flexibility index (Phi) is 10.8. The molecule has 0 saturated carbocycles. The van der Waals surface area contributed by atoms with Gasteiger partial charge in [-0.2, -0.15) is 10.1 Å². The van der Waals surface area contributed by atoms with Gasteiger partial charge in [0.1, 0.15) is 30.5 Å². The fourth-order valence-electron chi connectivity index (χ4n) is 5.10. The second kappa shape index (κ2) is 16.0. The summed E-state index contributed by atoms with van der Waals surface area (Å²) in [5, 5.41) is 18.3.